The minimum Gasteiger partial charge on any atom is -0.465 e. The average Bonchev–Trinajstić information content (AvgIpc) is 3.25. The molecule has 2 N–H and O–H groups in total. The van der Waals surface area contributed by atoms with E-state index in [1.54, 1.807) is 11.8 Å². The van der Waals surface area contributed by atoms with E-state index in [1.165, 1.54) is 0 Å². The monoisotopic (exact) mass is 319 g/mol. The van der Waals surface area contributed by atoms with E-state index in [9.17, 15) is 9.59 Å². The molecule has 1 atom stereocenters. The molecule has 1 aliphatic heterocycles. The molecule has 0 bridgehead atoms. The van der Waals surface area contributed by atoms with Crippen molar-refractivity contribution in [3.63, 3.8) is 0 Å². The second kappa shape index (κ2) is 6.35. The summed E-state index contributed by atoms with van der Waals surface area (Å²) in [5.41, 5.74) is 0.569. The van der Waals surface area contributed by atoms with Crippen molar-refractivity contribution >= 4 is 11.8 Å². The first-order valence-corrected chi connectivity index (χ1v) is 8.39. The van der Waals surface area contributed by atoms with Crippen LogP contribution in [0.5, 0.6) is 0 Å². The summed E-state index contributed by atoms with van der Waals surface area (Å²) in [4.78, 5) is 27.0. The van der Waals surface area contributed by atoms with Gasteiger partial charge in [-0.2, -0.15) is 0 Å². The van der Waals surface area contributed by atoms with E-state index >= 15 is 0 Å². The van der Waals surface area contributed by atoms with Crippen molar-refractivity contribution in [2.45, 2.75) is 51.6 Å². The molecule has 1 aliphatic carbocycles. The normalized spacial score (nSPS) is 21.6. The van der Waals surface area contributed by atoms with E-state index in [4.69, 9.17) is 4.42 Å². The standard InChI is InChI=1S/C17H25N3O3/c1-10(2)15-8-13(11(3)23-15)17(22)20-7-6-18-9-14(20)16(21)19-12-4-5-12/h8,10,12,14,18H,4-7,9H2,1-3H3,(H,19,21)/t14-/m1/s1. The lowest BCUT2D eigenvalue weighted by Crippen LogP contribution is -2.59. The van der Waals surface area contributed by atoms with Gasteiger partial charge in [-0.25, -0.2) is 0 Å². The number of carbonyl (C=O) groups is 2. The van der Waals surface area contributed by atoms with Gasteiger partial charge < -0.3 is 20.0 Å². The first-order valence-electron chi connectivity index (χ1n) is 8.39. The Balaban J connectivity index is 1.79. The van der Waals surface area contributed by atoms with Crippen LogP contribution in [0.15, 0.2) is 10.5 Å². The molecule has 2 aliphatic rings. The van der Waals surface area contributed by atoms with Crippen LogP contribution in [0.2, 0.25) is 0 Å². The Labute approximate surface area is 136 Å². The number of aryl methyl sites for hydroxylation is 1. The first kappa shape index (κ1) is 16.1. The van der Waals surface area contributed by atoms with Crippen molar-refractivity contribution in [1.29, 1.82) is 0 Å². The van der Waals surface area contributed by atoms with Gasteiger partial charge in [-0.1, -0.05) is 13.8 Å². The fourth-order valence-corrected chi connectivity index (χ4v) is 2.86. The molecule has 2 amide bonds. The van der Waals surface area contributed by atoms with Crippen LogP contribution in [0.1, 0.15) is 54.5 Å². The molecule has 0 unspecified atom stereocenters. The fraction of sp³-hybridized carbons (Fsp3) is 0.647. The summed E-state index contributed by atoms with van der Waals surface area (Å²) >= 11 is 0. The van der Waals surface area contributed by atoms with Gasteiger partial charge in [0.15, 0.2) is 0 Å². The van der Waals surface area contributed by atoms with Crippen LogP contribution in [0, 0.1) is 6.92 Å². The SMILES string of the molecule is Cc1oc(C(C)C)cc1C(=O)N1CCNC[C@@H]1C(=O)NC1CC1. The highest BCUT2D eigenvalue weighted by Gasteiger charge is 2.36. The lowest BCUT2D eigenvalue weighted by Gasteiger charge is -2.35. The Morgan fingerprint density at radius 2 is 2.13 bits per heavy atom. The van der Waals surface area contributed by atoms with Gasteiger partial charge in [0, 0.05) is 31.6 Å². The van der Waals surface area contributed by atoms with Crippen LogP contribution in [-0.2, 0) is 4.79 Å². The average molecular weight is 319 g/mol. The lowest BCUT2D eigenvalue weighted by molar-refractivity contribution is -0.126. The van der Waals surface area contributed by atoms with Crippen molar-refractivity contribution in [3.8, 4) is 0 Å². The number of furan rings is 1. The van der Waals surface area contributed by atoms with Gasteiger partial charge in [-0.15, -0.1) is 0 Å². The number of hydrogen-bond acceptors (Lipinski definition) is 4. The number of nitrogens with one attached hydrogen (secondary N) is 2. The van der Waals surface area contributed by atoms with Gasteiger partial charge in [-0.3, -0.25) is 9.59 Å². The molecule has 1 saturated heterocycles. The van der Waals surface area contributed by atoms with Crippen LogP contribution in [0.3, 0.4) is 0 Å². The third kappa shape index (κ3) is 3.42. The number of nitrogens with zero attached hydrogens (tertiary/aromatic N) is 1. The maximum Gasteiger partial charge on any atom is 0.258 e. The van der Waals surface area contributed by atoms with E-state index in [2.05, 4.69) is 10.6 Å². The summed E-state index contributed by atoms with van der Waals surface area (Å²) in [6, 6.07) is 1.67. The minimum atomic E-state index is -0.450. The second-order valence-electron chi connectivity index (χ2n) is 6.77. The zero-order chi connectivity index (χ0) is 16.6. The molecule has 126 valence electrons. The van der Waals surface area contributed by atoms with Crippen LogP contribution < -0.4 is 10.6 Å². The lowest BCUT2D eigenvalue weighted by atomic mass is 10.1. The molecule has 0 spiro atoms. The third-order valence-corrected chi connectivity index (χ3v) is 4.47. The van der Waals surface area contributed by atoms with Crippen LogP contribution in [0.25, 0.3) is 0 Å². The van der Waals surface area contributed by atoms with Crippen molar-refractivity contribution in [2.75, 3.05) is 19.6 Å². The number of hydrogen-bond donors (Lipinski definition) is 2. The summed E-state index contributed by atoms with van der Waals surface area (Å²) in [6.45, 7) is 7.60. The van der Waals surface area contributed by atoms with Gasteiger partial charge in [0.2, 0.25) is 5.91 Å². The fourth-order valence-electron chi connectivity index (χ4n) is 2.86. The zero-order valence-electron chi connectivity index (χ0n) is 14.0. The Morgan fingerprint density at radius 3 is 2.74 bits per heavy atom. The highest BCUT2D eigenvalue weighted by atomic mass is 16.3. The molecule has 2 heterocycles. The predicted molar refractivity (Wildman–Crippen MR) is 86.4 cm³/mol. The topological polar surface area (TPSA) is 74.6 Å². The molecular weight excluding hydrogens is 294 g/mol. The van der Waals surface area contributed by atoms with Gasteiger partial charge in [0.05, 0.1) is 5.56 Å². The maximum atomic E-state index is 12.9. The van der Waals surface area contributed by atoms with E-state index in [0.29, 0.717) is 37.0 Å². The molecule has 23 heavy (non-hydrogen) atoms. The van der Waals surface area contributed by atoms with E-state index < -0.39 is 6.04 Å². The smallest absolute Gasteiger partial charge is 0.258 e. The third-order valence-electron chi connectivity index (χ3n) is 4.47. The summed E-state index contributed by atoms with van der Waals surface area (Å²) in [7, 11) is 0. The van der Waals surface area contributed by atoms with Crippen LogP contribution >= 0.6 is 0 Å². The van der Waals surface area contributed by atoms with Crippen molar-refractivity contribution < 1.29 is 14.0 Å². The first-order chi connectivity index (χ1) is 11.0. The quantitative estimate of drug-likeness (QED) is 0.880. The molecule has 0 radical (unpaired) electrons. The largest absolute Gasteiger partial charge is 0.465 e. The molecule has 1 saturated carbocycles. The molecule has 3 rings (SSSR count). The summed E-state index contributed by atoms with van der Waals surface area (Å²) in [5, 5.41) is 6.21. The minimum absolute atomic E-state index is 0.0571. The predicted octanol–water partition coefficient (Wildman–Crippen LogP) is 1.40. The van der Waals surface area contributed by atoms with E-state index in [0.717, 1.165) is 18.6 Å². The zero-order valence-corrected chi connectivity index (χ0v) is 14.0. The highest BCUT2D eigenvalue weighted by molar-refractivity contribution is 5.98. The molecule has 1 aromatic rings. The summed E-state index contributed by atoms with van der Waals surface area (Å²) in [5.74, 6) is 1.49. The second-order valence-corrected chi connectivity index (χ2v) is 6.77. The molecular formula is C17H25N3O3. The van der Waals surface area contributed by atoms with Crippen molar-refractivity contribution in [2.24, 2.45) is 0 Å². The van der Waals surface area contributed by atoms with Crippen LogP contribution in [0.4, 0.5) is 0 Å². The highest BCUT2D eigenvalue weighted by Crippen LogP contribution is 2.24. The number of rotatable bonds is 4. The Bertz CT molecular complexity index is 604. The Kier molecular flexibility index (Phi) is 4.43. The molecule has 6 nitrogen and oxygen atoms in total. The molecule has 6 heteroatoms. The summed E-state index contributed by atoms with van der Waals surface area (Å²) in [6.07, 6.45) is 2.08. The number of amides is 2. The van der Waals surface area contributed by atoms with E-state index in [1.807, 2.05) is 19.9 Å². The Morgan fingerprint density at radius 1 is 1.39 bits per heavy atom. The maximum absolute atomic E-state index is 12.9. The molecule has 2 fully saturated rings. The van der Waals surface area contributed by atoms with Crippen molar-refractivity contribution in [1.82, 2.24) is 15.5 Å². The van der Waals surface area contributed by atoms with Gasteiger partial charge in [0.1, 0.15) is 17.6 Å². The van der Waals surface area contributed by atoms with Gasteiger partial charge >= 0.3 is 0 Å². The van der Waals surface area contributed by atoms with Gasteiger partial charge in [-0.05, 0) is 25.8 Å². The van der Waals surface area contributed by atoms with Gasteiger partial charge in [0.25, 0.3) is 5.91 Å². The molecule has 1 aromatic heterocycles. The Hall–Kier alpha value is -1.82. The number of piperazine rings is 1. The summed E-state index contributed by atoms with van der Waals surface area (Å²) < 4.78 is 5.69. The number of carbonyl (C=O) groups excluding carboxylic acids is 2. The molecule has 0 aromatic carbocycles. The van der Waals surface area contributed by atoms with Crippen LogP contribution in [-0.4, -0.2) is 48.4 Å². The van der Waals surface area contributed by atoms with Crippen molar-refractivity contribution in [3.05, 3.63) is 23.2 Å². The van der Waals surface area contributed by atoms with E-state index in [-0.39, 0.29) is 17.7 Å².